The number of anilines is 1. The van der Waals surface area contributed by atoms with Crippen molar-refractivity contribution < 1.29 is 23.5 Å². The first kappa shape index (κ1) is 17.6. The molecule has 0 spiro atoms. The van der Waals surface area contributed by atoms with Crippen LogP contribution >= 0.6 is 0 Å². The Morgan fingerprint density at radius 2 is 1.71 bits per heavy atom. The molecule has 0 saturated heterocycles. The zero-order valence-corrected chi connectivity index (χ0v) is 12.9. The molecule has 7 heteroatoms. The molecular formula is C17H16F2N2O3. The van der Waals surface area contributed by atoms with E-state index in [9.17, 15) is 23.5 Å². The number of nitrogens with one attached hydrogen (secondary N) is 1. The number of rotatable bonds is 5. The number of aliphatic hydroxyl groups excluding tert-OH is 1. The number of hydrogen-bond donors (Lipinski definition) is 2. The van der Waals surface area contributed by atoms with E-state index in [1.54, 1.807) is 30.3 Å². The Hall–Kier alpha value is -2.80. The molecule has 0 heterocycles. The van der Waals surface area contributed by atoms with Gasteiger partial charge in [0.25, 0.3) is 5.91 Å². The molecule has 0 aromatic heterocycles. The molecule has 24 heavy (non-hydrogen) atoms. The zero-order chi connectivity index (χ0) is 17.7. The van der Waals surface area contributed by atoms with E-state index < -0.39 is 29.6 Å². The number of carbonyl (C=O) groups excluding carboxylic acids is 2. The fourth-order valence-electron chi connectivity index (χ4n) is 2.11. The molecule has 0 saturated carbocycles. The maximum atomic E-state index is 13.1. The van der Waals surface area contributed by atoms with Crippen LogP contribution in [-0.2, 0) is 9.59 Å². The van der Waals surface area contributed by atoms with Crippen LogP contribution in [-0.4, -0.2) is 35.4 Å². The number of benzene rings is 2. The summed E-state index contributed by atoms with van der Waals surface area (Å²) in [5.41, 5.74) is 0.351. The van der Waals surface area contributed by atoms with Crippen molar-refractivity contribution in [3.8, 4) is 0 Å². The second kappa shape index (κ2) is 7.65. The third-order valence-corrected chi connectivity index (χ3v) is 3.25. The highest BCUT2D eigenvalue weighted by molar-refractivity contribution is 5.95. The molecule has 2 rings (SSSR count). The summed E-state index contributed by atoms with van der Waals surface area (Å²) in [7, 11) is 1.35. The van der Waals surface area contributed by atoms with E-state index >= 15 is 0 Å². The van der Waals surface area contributed by atoms with Crippen LogP contribution in [0.2, 0.25) is 0 Å². The highest BCUT2D eigenvalue weighted by atomic mass is 19.1. The van der Waals surface area contributed by atoms with E-state index in [1.807, 2.05) is 0 Å². The summed E-state index contributed by atoms with van der Waals surface area (Å²) in [6.45, 7) is -0.374. The highest BCUT2D eigenvalue weighted by Crippen LogP contribution is 2.15. The number of hydrogen-bond acceptors (Lipinski definition) is 3. The Bertz CT molecular complexity index is 718. The van der Waals surface area contributed by atoms with Crippen molar-refractivity contribution in [3.05, 3.63) is 65.7 Å². The molecule has 5 nitrogen and oxygen atoms in total. The summed E-state index contributed by atoms with van der Waals surface area (Å²) in [4.78, 5) is 25.0. The molecule has 1 unspecified atom stereocenters. The van der Waals surface area contributed by atoms with Crippen LogP contribution in [0.1, 0.15) is 11.7 Å². The van der Waals surface area contributed by atoms with E-state index in [0.717, 1.165) is 17.0 Å². The van der Waals surface area contributed by atoms with Crippen LogP contribution in [0.25, 0.3) is 0 Å². The van der Waals surface area contributed by atoms with Gasteiger partial charge in [-0.3, -0.25) is 9.59 Å². The number of aliphatic hydroxyl groups is 1. The smallest absolute Gasteiger partial charge is 0.256 e. The molecule has 2 aromatic rings. The molecule has 0 radical (unpaired) electrons. The Morgan fingerprint density at radius 1 is 1.12 bits per heavy atom. The average molecular weight is 334 g/mol. The number of carbonyl (C=O) groups is 2. The Kier molecular flexibility index (Phi) is 5.59. The number of halogens is 2. The SMILES string of the molecule is CN(CC(=O)Nc1cc(F)cc(F)c1)C(=O)C(O)c1ccccc1. The Labute approximate surface area is 137 Å². The van der Waals surface area contributed by atoms with Gasteiger partial charge in [-0.15, -0.1) is 0 Å². The number of amides is 2. The fraction of sp³-hybridized carbons (Fsp3) is 0.176. The maximum Gasteiger partial charge on any atom is 0.256 e. The first-order valence-corrected chi connectivity index (χ1v) is 7.11. The van der Waals surface area contributed by atoms with E-state index in [-0.39, 0.29) is 12.2 Å². The van der Waals surface area contributed by atoms with Crippen LogP contribution in [0, 0.1) is 11.6 Å². The van der Waals surface area contributed by atoms with Crippen molar-refractivity contribution in [1.82, 2.24) is 4.90 Å². The maximum absolute atomic E-state index is 13.1. The van der Waals surface area contributed by atoms with Crippen LogP contribution in [0.15, 0.2) is 48.5 Å². The first-order chi connectivity index (χ1) is 11.4. The molecule has 2 aromatic carbocycles. The van der Waals surface area contributed by atoms with Gasteiger partial charge in [0.2, 0.25) is 5.91 Å². The van der Waals surface area contributed by atoms with Gasteiger partial charge in [0.1, 0.15) is 11.6 Å². The number of nitrogens with zero attached hydrogens (tertiary/aromatic N) is 1. The van der Waals surface area contributed by atoms with Crippen molar-refractivity contribution in [3.63, 3.8) is 0 Å². The van der Waals surface area contributed by atoms with Crippen molar-refractivity contribution >= 4 is 17.5 Å². The monoisotopic (exact) mass is 334 g/mol. The third-order valence-electron chi connectivity index (χ3n) is 3.25. The fourth-order valence-corrected chi connectivity index (χ4v) is 2.11. The van der Waals surface area contributed by atoms with Gasteiger partial charge in [-0.05, 0) is 17.7 Å². The first-order valence-electron chi connectivity index (χ1n) is 7.11. The van der Waals surface area contributed by atoms with Crippen LogP contribution in [0.4, 0.5) is 14.5 Å². The van der Waals surface area contributed by atoms with Crippen LogP contribution in [0.3, 0.4) is 0 Å². The van der Waals surface area contributed by atoms with Gasteiger partial charge in [-0.25, -0.2) is 8.78 Å². The normalized spacial score (nSPS) is 11.7. The summed E-state index contributed by atoms with van der Waals surface area (Å²) in [5.74, 6) is -2.96. The average Bonchev–Trinajstić information content (AvgIpc) is 2.53. The van der Waals surface area contributed by atoms with E-state index in [0.29, 0.717) is 11.6 Å². The lowest BCUT2D eigenvalue weighted by atomic mass is 10.1. The molecule has 0 aliphatic rings. The van der Waals surface area contributed by atoms with Gasteiger partial charge in [-0.1, -0.05) is 30.3 Å². The van der Waals surface area contributed by atoms with Gasteiger partial charge < -0.3 is 15.3 Å². The minimum absolute atomic E-state index is 0.0537. The number of likely N-dealkylation sites (N-methyl/N-ethyl adjacent to an activating group) is 1. The molecule has 2 amide bonds. The van der Waals surface area contributed by atoms with Crippen molar-refractivity contribution in [2.24, 2.45) is 0 Å². The van der Waals surface area contributed by atoms with E-state index in [1.165, 1.54) is 7.05 Å². The highest BCUT2D eigenvalue weighted by Gasteiger charge is 2.22. The lowest BCUT2D eigenvalue weighted by Crippen LogP contribution is -2.37. The van der Waals surface area contributed by atoms with Crippen molar-refractivity contribution in [2.75, 3.05) is 18.9 Å². The van der Waals surface area contributed by atoms with Crippen LogP contribution < -0.4 is 5.32 Å². The predicted octanol–water partition coefficient (Wildman–Crippen LogP) is 2.10. The molecule has 0 aliphatic carbocycles. The Morgan fingerprint density at radius 3 is 2.29 bits per heavy atom. The van der Waals surface area contributed by atoms with Crippen LogP contribution in [0.5, 0.6) is 0 Å². The predicted molar refractivity (Wildman–Crippen MR) is 84.0 cm³/mol. The summed E-state index contributed by atoms with van der Waals surface area (Å²) in [5, 5.41) is 12.3. The lowest BCUT2D eigenvalue weighted by molar-refractivity contribution is -0.141. The summed E-state index contributed by atoms with van der Waals surface area (Å²) < 4.78 is 26.1. The minimum atomic E-state index is -1.39. The van der Waals surface area contributed by atoms with Gasteiger partial charge in [0.15, 0.2) is 6.10 Å². The van der Waals surface area contributed by atoms with Crippen molar-refractivity contribution in [2.45, 2.75) is 6.10 Å². The molecule has 0 aliphatic heterocycles. The van der Waals surface area contributed by atoms with E-state index in [2.05, 4.69) is 5.32 Å². The summed E-state index contributed by atoms with van der Waals surface area (Å²) in [6.07, 6.45) is -1.39. The second-order valence-electron chi connectivity index (χ2n) is 5.21. The Balaban J connectivity index is 1.96. The standard InChI is InChI=1S/C17H16F2N2O3/c1-21(17(24)16(23)11-5-3-2-4-6-11)10-15(22)20-14-8-12(18)7-13(19)9-14/h2-9,16,23H,10H2,1H3,(H,20,22). The summed E-state index contributed by atoms with van der Waals surface area (Å²) in [6, 6.07) is 10.9. The molecular weight excluding hydrogens is 318 g/mol. The summed E-state index contributed by atoms with van der Waals surface area (Å²) >= 11 is 0. The minimum Gasteiger partial charge on any atom is -0.378 e. The van der Waals surface area contributed by atoms with Gasteiger partial charge in [0, 0.05) is 18.8 Å². The van der Waals surface area contributed by atoms with E-state index in [4.69, 9.17) is 0 Å². The van der Waals surface area contributed by atoms with Gasteiger partial charge in [0.05, 0.1) is 6.54 Å². The topological polar surface area (TPSA) is 69.6 Å². The second-order valence-corrected chi connectivity index (χ2v) is 5.21. The lowest BCUT2D eigenvalue weighted by Gasteiger charge is -2.20. The van der Waals surface area contributed by atoms with Crippen molar-refractivity contribution in [1.29, 1.82) is 0 Å². The largest absolute Gasteiger partial charge is 0.378 e. The molecule has 0 bridgehead atoms. The van der Waals surface area contributed by atoms with Gasteiger partial charge in [-0.2, -0.15) is 0 Å². The molecule has 2 N–H and O–H groups in total. The molecule has 0 fully saturated rings. The molecule has 1 atom stereocenters. The quantitative estimate of drug-likeness (QED) is 0.880. The zero-order valence-electron chi connectivity index (χ0n) is 12.9. The van der Waals surface area contributed by atoms with Gasteiger partial charge >= 0.3 is 0 Å². The molecule has 126 valence electrons. The third kappa shape index (κ3) is 4.60.